The molecule has 0 unspecified atom stereocenters. The zero-order valence-corrected chi connectivity index (χ0v) is 23.1. The van der Waals surface area contributed by atoms with Gasteiger partial charge in [0.2, 0.25) is 0 Å². The van der Waals surface area contributed by atoms with E-state index in [0.717, 1.165) is 71.3 Å². The molecule has 0 radical (unpaired) electrons. The summed E-state index contributed by atoms with van der Waals surface area (Å²) < 4.78 is 6.87. The fraction of sp³-hybridized carbons (Fsp3) is 0.500. The molecule has 1 amide bonds. The lowest BCUT2D eigenvalue weighted by Gasteiger charge is -2.45. The smallest absolute Gasteiger partial charge is 0.410 e. The van der Waals surface area contributed by atoms with Gasteiger partial charge in [-0.3, -0.25) is 4.98 Å². The van der Waals surface area contributed by atoms with Gasteiger partial charge in [-0.15, -0.1) is 11.3 Å². The van der Waals surface area contributed by atoms with Crippen molar-refractivity contribution in [1.82, 2.24) is 9.88 Å². The second-order valence-electron chi connectivity index (χ2n) is 11.9. The number of nitrogens with zero attached hydrogens (tertiary/aromatic N) is 4. The predicted molar refractivity (Wildman–Crippen MR) is 149 cm³/mol. The number of hydrogen-bond acceptors (Lipinski definition) is 7. The molecular weight excluding hydrogens is 496 g/mol. The van der Waals surface area contributed by atoms with Crippen LogP contribution in [-0.4, -0.2) is 51.4 Å². The van der Waals surface area contributed by atoms with E-state index in [4.69, 9.17) is 4.74 Å². The Kier molecular flexibility index (Phi) is 6.12. The number of carbonyl (C=O) groups is 1. The van der Waals surface area contributed by atoms with Crippen LogP contribution in [-0.2, 0) is 17.8 Å². The molecule has 2 aromatic heterocycles. The molecule has 1 N–H and O–H groups in total. The van der Waals surface area contributed by atoms with Crippen molar-refractivity contribution in [2.45, 2.75) is 83.1 Å². The van der Waals surface area contributed by atoms with E-state index in [1.807, 2.05) is 56.1 Å². The number of aliphatic hydroxyl groups excluding tert-OH is 1. The van der Waals surface area contributed by atoms with E-state index in [1.165, 1.54) is 11.3 Å². The minimum Gasteiger partial charge on any atom is -0.444 e. The van der Waals surface area contributed by atoms with Crippen molar-refractivity contribution in [2.75, 3.05) is 18.0 Å². The topological polar surface area (TPSA) is 89.7 Å². The average molecular weight is 531 g/mol. The normalized spacial score (nSPS) is 20.3. The van der Waals surface area contributed by atoms with Gasteiger partial charge in [-0.05, 0) is 89.1 Å². The highest BCUT2D eigenvalue weighted by Crippen LogP contribution is 2.50. The first-order chi connectivity index (χ1) is 18.2. The molecule has 2 aliphatic heterocycles. The highest BCUT2D eigenvalue weighted by atomic mass is 32.1. The maximum atomic E-state index is 13.3. The van der Waals surface area contributed by atoms with Crippen molar-refractivity contribution < 1.29 is 14.6 Å². The SMILES string of the molecule is CC(C)(C)OC(=O)N1C[C@H](N2CCCc3cc(C#N)cc(-c4ccnc5cc(CO)sc45)c32)CC12CCC2. The first-order valence-electron chi connectivity index (χ1n) is 13.5. The van der Waals surface area contributed by atoms with Crippen molar-refractivity contribution in [3.05, 3.63) is 46.5 Å². The third kappa shape index (κ3) is 4.22. The number of rotatable bonds is 3. The molecule has 1 saturated heterocycles. The zero-order chi connectivity index (χ0) is 26.7. The number of carbonyl (C=O) groups excluding carboxylic acids is 1. The number of hydrogen-bond donors (Lipinski definition) is 1. The fourth-order valence-electron chi connectivity index (χ4n) is 6.56. The largest absolute Gasteiger partial charge is 0.444 e. The lowest BCUT2D eigenvalue weighted by molar-refractivity contribution is -0.00979. The van der Waals surface area contributed by atoms with Crippen LogP contribution in [0.3, 0.4) is 0 Å². The van der Waals surface area contributed by atoms with Crippen LogP contribution >= 0.6 is 11.3 Å². The summed E-state index contributed by atoms with van der Waals surface area (Å²) in [6.07, 6.45) is 7.65. The molecule has 3 aliphatic rings. The number of aromatic nitrogens is 1. The first kappa shape index (κ1) is 25.1. The molecule has 1 aromatic carbocycles. The summed E-state index contributed by atoms with van der Waals surface area (Å²) in [6, 6.07) is 10.6. The highest BCUT2D eigenvalue weighted by Gasteiger charge is 2.54. The molecule has 3 aromatic rings. The second kappa shape index (κ2) is 9.25. The van der Waals surface area contributed by atoms with Crippen molar-refractivity contribution in [3.63, 3.8) is 0 Å². The number of likely N-dealkylation sites (tertiary alicyclic amines) is 1. The maximum Gasteiger partial charge on any atom is 0.410 e. The van der Waals surface area contributed by atoms with E-state index in [0.29, 0.717) is 12.1 Å². The number of aryl methyl sites for hydroxylation is 1. The summed E-state index contributed by atoms with van der Waals surface area (Å²) in [7, 11) is 0. The van der Waals surface area contributed by atoms with Crippen LogP contribution in [0.4, 0.5) is 10.5 Å². The number of thiophene rings is 1. The molecule has 2 fully saturated rings. The van der Waals surface area contributed by atoms with Crippen molar-refractivity contribution in [3.8, 4) is 17.2 Å². The highest BCUT2D eigenvalue weighted by molar-refractivity contribution is 7.19. The number of nitriles is 1. The molecule has 1 spiro atoms. The monoisotopic (exact) mass is 530 g/mol. The van der Waals surface area contributed by atoms with Gasteiger partial charge in [0.15, 0.2) is 0 Å². The Balaban J connectivity index is 1.44. The maximum absolute atomic E-state index is 13.3. The number of amides is 1. The van der Waals surface area contributed by atoms with E-state index in [2.05, 4.69) is 16.0 Å². The van der Waals surface area contributed by atoms with Gasteiger partial charge in [0.1, 0.15) is 5.60 Å². The van der Waals surface area contributed by atoms with Gasteiger partial charge >= 0.3 is 6.09 Å². The van der Waals surface area contributed by atoms with E-state index < -0.39 is 5.60 Å². The summed E-state index contributed by atoms with van der Waals surface area (Å²) in [5.41, 5.74) is 5.31. The molecule has 1 saturated carbocycles. The summed E-state index contributed by atoms with van der Waals surface area (Å²) in [6.45, 7) is 7.31. The van der Waals surface area contributed by atoms with E-state index in [-0.39, 0.29) is 24.3 Å². The number of aliphatic hydroxyl groups is 1. The number of anilines is 1. The van der Waals surface area contributed by atoms with E-state index in [9.17, 15) is 15.2 Å². The lowest BCUT2D eigenvalue weighted by atomic mass is 9.74. The average Bonchev–Trinajstić information content (AvgIpc) is 3.49. The van der Waals surface area contributed by atoms with Gasteiger partial charge in [-0.1, -0.05) is 0 Å². The van der Waals surface area contributed by atoms with Crippen LogP contribution in [0.1, 0.15) is 68.9 Å². The van der Waals surface area contributed by atoms with Crippen LogP contribution in [0.5, 0.6) is 0 Å². The summed E-state index contributed by atoms with van der Waals surface area (Å²) in [5, 5.41) is 19.6. The second-order valence-corrected chi connectivity index (χ2v) is 13.0. The van der Waals surface area contributed by atoms with E-state index >= 15 is 0 Å². The molecule has 6 rings (SSSR count). The summed E-state index contributed by atoms with van der Waals surface area (Å²) >= 11 is 1.56. The Labute approximate surface area is 227 Å². The number of pyridine rings is 1. The third-order valence-corrected chi connectivity index (χ3v) is 9.42. The Morgan fingerprint density at radius 1 is 1.26 bits per heavy atom. The van der Waals surface area contributed by atoms with Gasteiger partial charge in [0.25, 0.3) is 0 Å². The lowest BCUT2D eigenvalue weighted by Crippen LogP contribution is -2.53. The van der Waals surface area contributed by atoms with Gasteiger partial charge in [-0.25, -0.2) is 4.79 Å². The Morgan fingerprint density at radius 2 is 2.08 bits per heavy atom. The molecular formula is C30H34N4O3S. The summed E-state index contributed by atoms with van der Waals surface area (Å²) in [5.74, 6) is 0. The fourth-order valence-corrected chi connectivity index (χ4v) is 7.56. The molecule has 4 heterocycles. The van der Waals surface area contributed by atoms with Crippen LogP contribution in [0.25, 0.3) is 21.3 Å². The minimum atomic E-state index is -0.528. The van der Waals surface area contributed by atoms with Crippen molar-refractivity contribution >= 4 is 33.3 Å². The molecule has 198 valence electrons. The molecule has 38 heavy (non-hydrogen) atoms. The van der Waals surface area contributed by atoms with Gasteiger partial charge in [-0.2, -0.15) is 5.26 Å². The standard InChI is InChI=1S/C30H34N4O3S/c1-29(2,3)37-28(36)34-17-21(15-30(34)8-5-9-30)33-11-4-6-20-12-19(16-31)13-24(26(20)33)23-7-10-32-25-14-22(18-35)38-27(23)25/h7,10,12-14,21,35H,4-6,8-9,11,15,17-18H2,1-3H3/t21-/m1/s1. The molecule has 0 bridgehead atoms. The Morgan fingerprint density at radius 3 is 2.76 bits per heavy atom. The van der Waals surface area contributed by atoms with Crippen LogP contribution in [0.2, 0.25) is 0 Å². The van der Waals surface area contributed by atoms with Crippen LogP contribution in [0.15, 0.2) is 30.5 Å². The molecule has 8 heteroatoms. The van der Waals surface area contributed by atoms with Crippen LogP contribution < -0.4 is 4.90 Å². The zero-order valence-electron chi connectivity index (χ0n) is 22.3. The first-order valence-corrected chi connectivity index (χ1v) is 14.4. The number of ether oxygens (including phenoxy) is 1. The van der Waals surface area contributed by atoms with Gasteiger partial charge in [0.05, 0.1) is 28.5 Å². The van der Waals surface area contributed by atoms with Gasteiger partial charge in [0, 0.05) is 52.6 Å². The Bertz CT molecular complexity index is 1450. The Hall–Kier alpha value is -3.15. The molecule has 1 aliphatic carbocycles. The van der Waals surface area contributed by atoms with Crippen molar-refractivity contribution in [1.29, 1.82) is 5.26 Å². The van der Waals surface area contributed by atoms with Crippen molar-refractivity contribution in [2.24, 2.45) is 0 Å². The predicted octanol–water partition coefficient (Wildman–Crippen LogP) is 6.01. The summed E-state index contributed by atoms with van der Waals surface area (Å²) in [4.78, 5) is 23.3. The number of fused-ring (bicyclic) bond motifs is 2. The quantitative estimate of drug-likeness (QED) is 0.446. The van der Waals surface area contributed by atoms with Crippen LogP contribution in [0, 0.1) is 11.3 Å². The van der Waals surface area contributed by atoms with E-state index in [1.54, 1.807) is 11.3 Å². The molecule has 1 atom stereocenters. The third-order valence-electron chi connectivity index (χ3n) is 8.28. The molecule has 7 nitrogen and oxygen atoms in total. The number of benzene rings is 1. The van der Waals surface area contributed by atoms with Gasteiger partial charge < -0.3 is 19.6 Å². The minimum absolute atomic E-state index is 0.0202.